The van der Waals surface area contributed by atoms with E-state index >= 15 is 0 Å². The van der Waals surface area contributed by atoms with Crippen molar-refractivity contribution in [3.63, 3.8) is 0 Å². The van der Waals surface area contributed by atoms with Gasteiger partial charge in [-0.3, -0.25) is 4.79 Å². The monoisotopic (exact) mass is 301 g/mol. The van der Waals surface area contributed by atoms with E-state index in [1.165, 1.54) is 13.3 Å². The second kappa shape index (κ2) is 6.09. The van der Waals surface area contributed by atoms with Crippen LogP contribution in [-0.2, 0) is 4.79 Å². The Morgan fingerprint density at radius 2 is 2.24 bits per heavy atom. The molecule has 0 saturated heterocycles. The molecule has 0 aliphatic heterocycles. The molecule has 0 aliphatic carbocycles. The first-order valence-electron chi connectivity index (χ1n) is 4.60. The lowest BCUT2D eigenvalue weighted by molar-refractivity contribution is -0.119. The molecule has 0 fully saturated rings. The molecule has 17 heavy (non-hydrogen) atoms. The molecule has 6 nitrogen and oxygen atoms in total. The Balaban J connectivity index is 3.05. The minimum atomic E-state index is -0.559. The van der Waals surface area contributed by atoms with Gasteiger partial charge in [-0.15, -0.1) is 0 Å². The summed E-state index contributed by atoms with van der Waals surface area (Å²) in [5.74, 6) is 5.39. The van der Waals surface area contributed by atoms with Gasteiger partial charge in [-0.1, -0.05) is 0 Å². The summed E-state index contributed by atoms with van der Waals surface area (Å²) >= 11 is 3.32. The third-order valence-corrected chi connectivity index (χ3v) is 2.55. The number of carbonyl (C=O) groups is 1. The Morgan fingerprint density at radius 3 is 2.76 bits per heavy atom. The number of carbonyl (C=O) groups excluding carboxylic acids is 1. The number of amides is 1. The van der Waals surface area contributed by atoms with Crippen LogP contribution in [0, 0.1) is 0 Å². The molecular formula is C10H12BrN3O3. The number of benzene rings is 1. The van der Waals surface area contributed by atoms with E-state index in [-0.39, 0.29) is 6.61 Å². The Morgan fingerprint density at radius 1 is 1.53 bits per heavy atom. The van der Waals surface area contributed by atoms with Gasteiger partial charge in [-0.05, 0) is 28.1 Å². The molecule has 0 saturated carbocycles. The van der Waals surface area contributed by atoms with Crippen molar-refractivity contribution in [2.45, 2.75) is 0 Å². The van der Waals surface area contributed by atoms with Crippen molar-refractivity contribution in [1.29, 1.82) is 0 Å². The lowest BCUT2D eigenvalue weighted by Gasteiger charge is -2.11. The molecule has 0 spiro atoms. The Bertz CT molecular complexity index is 449. The Hall–Kier alpha value is -1.76. The third kappa shape index (κ3) is 3.63. The summed E-state index contributed by atoms with van der Waals surface area (Å²) in [6.07, 6.45) is 1.46. The van der Waals surface area contributed by atoms with Crippen LogP contribution >= 0.6 is 15.9 Å². The van der Waals surface area contributed by atoms with Crippen LogP contribution in [0.3, 0.4) is 0 Å². The van der Waals surface area contributed by atoms with Gasteiger partial charge in [-0.2, -0.15) is 5.10 Å². The molecular weight excluding hydrogens is 290 g/mol. The summed E-state index contributed by atoms with van der Waals surface area (Å²) in [6, 6.07) is 3.33. The zero-order valence-corrected chi connectivity index (χ0v) is 10.7. The van der Waals surface area contributed by atoms with Crippen LogP contribution in [0.1, 0.15) is 5.56 Å². The number of halogens is 1. The zero-order valence-electron chi connectivity index (χ0n) is 9.14. The van der Waals surface area contributed by atoms with Crippen LogP contribution in [0.2, 0.25) is 0 Å². The fraction of sp³-hybridized carbons (Fsp3) is 0.200. The van der Waals surface area contributed by atoms with E-state index in [9.17, 15) is 4.79 Å². The number of methoxy groups -OCH3 is 1. The Labute approximate surface area is 107 Å². The molecule has 0 heterocycles. The first kappa shape index (κ1) is 13.3. The number of nitrogens with zero attached hydrogens (tertiary/aromatic N) is 1. The number of ether oxygens (including phenoxy) is 2. The van der Waals surface area contributed by atoms with Crippen LogP contribution in [0.25, 0.3) is 0 Å². The smallest absolute Gasteiger partial charge is 0.255 e. The molecule has 0 bridgehead atoms. The first-order valence-corrected chi connectivity index (χ1v) is 5.39. The topological polar surface area (TPSA) is 99.9 Å². The van der Waals surface area contributed by atoms with E-state index in [0.29, 0.717) is 16.0 Å². The molecule has 4 N–H and O–H groups in total. The maximum absolute atomic E-state index is 10.6. The van der Waals surface area contributed by atoms with Crippen molar-refractivity contribution in [2.24, 2.45) is 16.7 Å². The highest BCUT2D eigenvalue weighted by Crippen LogP contribution is 2.32. The summed E-state index contributed by atoms with van der Waals surface area (Å²) in [5.41, 5.74) is 5.73. The molecule has 1 aromatic carbocycles. The largest absolute Gasteiger partial charge is 0.493 e. The Kier molecular flexibility index (Phi) is 4.77. The minimum Gasteiger partial charge on any atom is -0.493 e. The first-order chi connectivity index (χ1) is 8.08. The standard InChI is InChI=1S/C10H12BrN3O3/c1-16-8-2-6(4-14-13)7(11)3-9(8)17-5-10(12)15/h2-4H,5,13H2,1H3,(H2,12,15). The fourth-order valence-corrected chi connectivity index (χ4v) is 1.58. The molecule has 1 rings (SSSR count). The highest BCUT2D eigenvalue weighted by atomic mass is 79.9. The van der Waals surface area contributed by atoms with Crippen molar-refractivity contribution < 1.29 is 14.3 Å². The normalized spacial score (nSPS) is 10.5. The van der Waals surface area contributed by atoms with E-state index in [0.717, 1.165) is 5.56 Å². The van der Waals surface area contributed by atoms with Crippen LogP contribution in [0.4, 0.5) is 0 Å². The van der Waals surface area contributed by atoms with Crippen molar-refractivity contribution in [3.8, 4) is 11.5 Å². The maximum Gasteiger partial charge on any atom is 0.255 e. The van der Waals surface area contributed by atoms with Gasteiger partial charge in [0, 0.05) is 10.0 Å². The lowest BCUT2D eigenvalue weighted by atomic mass is 10.2. The number of nitrogens with two attached hydrogens (primary N) is 2. The van der Waals surface area contributed by atoms with E-state index in [1.54, 1.807) is 12.1 Å². The molecule has 92 valence electrons. The highest BCUT2D eigenvalue weighted by Gasteiger charge is 2.10. The van der Waals surface area contributed by atoms with Crippen molar-refractivity contribution >= 4 is 28.1 Å². The van der Waals surface area contributed by atoms with Gasteiger partial charge < -0.3 is 21.1 Å². The number of hydrazone groups is 1. The molecule has 1 aromatic rings. The van der Waals surface area contributed by atoms with Crippen molar-refractivity contribution in [2.75, 3.05) is 13.7 Å². The quantitative estimate of drug-likeness (QED) is 0.473. The third-order valence-electron chi connectivity index (χ3n) is 1.87. The number of rotatable bonds is 5. The molecule has 7 heteroatoms. The summed E-state index contributed by atoms with van der Waals surface area (Å²) < 4.78 is 11.0. The number of hydrogen-bond acceptors (Lipinski definition) is 5. The second-order valence-corrected chi connectivity index (χ2v) is 3.91. The van der Waals surface area contributed by atoms with Gasteiger partial charge in [0.15, 0.2) is 18.1 Å². The molecule has 1 amide bonds. The van der Waals surface area contributed by atoms with Crippen molar-refractivity contribution in [3.05, 3.63) is 22.2 Å². The van der Waals surface area contributed by atoms with E-state index in [4.69, 9.17) is 21.1 Å². The predicted octanol–water partition coefficient (Wildman–Crippen LogP) is 0.614. The average Bonchev–Trinajstić information content (AvgIpc) is 2.29. The summed E-state index contributed by atoms with van der Waals surface area (Å²) in [6.45, 7) is -0.215. The van der Waals surface area contributed by atoms with Crippen LogP contribution in [0.5, 0.6) is 11.5 Å². The van der Waals surface area contributed by atoms with Crippen molar-refractivity contribution in [1.82, 2.24) is 0 Å². The average molecular weight is 302 g/mol. The predicted molar refractivity (Wildman–Crippen MR) is 67.2 cm³/mol. The number of primary amides is 1. The maximum atomic E-state index is 10.6. The molecule has 0 aromatic heterocycles. The van der Waals surface area contributed by atoms with Crippen LogP contribution < -0.4 is 21.1 Å². The molecule has 0 radical (unpaired) electrons. The van der Waals surface area contributed by atoms with Gasteiger partial charge in [0.2, 0.25) is 0 Å². The summed E-state index contributed by atoms with van der Waals surface area (Å²) in [5, 5.41) is 3.42. The SMILES string of the molecule is COc1cc(C=NN)c(Br)cc1OCC(N)=O. The number of hydrogen-bond donors (Lipinski definition) is 2. The summed E-state index contributed by atoms with van der Waals surface area (Å²) in [4.78, 5) is 10.6. The van der Waals surface area contributed by atoms with Gasteiger partial charge in [0.25, 0.3) is 5.91 Å². The lowest BCUT2D eigenvalue weighted by Crippen LogP contribution is -2.20. The highest BCUT2D eigenvalue weighted by molar-refractivity contribution is 9.10. The van der Waals surface area contributed by atoms with Gasteiger partial charge >= 0.3 is 0 Å². The van der Waals surface area contributed by atoms with Gasteiger partial charge in [0.1, 0.15) is 0 Å². The second-order valence-electron chi connectivity index (χ2n) is 3.06. The zero-order chi connectivity index (χ0) is 12.8. The van der Waals surface area contributed by atoms with E-state index < -0.39 is 5.91 Å². The molecule has 0 aliphatic rings. The minimum absolute atomic E-state index is 0.215. The summed E-state index contributed by atoms with van der Waals surface area (Å²) in [7, 11) is 1.49. The van der Waals surface area contributed by atoms with Gasteiger partial charge in [0.05, 0.1) is 13.3 Å². The van der Waals surface area contributed by atoms with Gasteiger partial charge in [-0.25, -0.2) is 0 Å². The van der Waals surface area contributed by atoms with Crippen LogP contribution in [0.15, 0.2) is 21.7 Å². The fourth-order valence-electron chi connectivity index (χ4n) is 1.15. The van der Waals surface area contributed by atoms with Crippen LogP contribution in [-0.4, -0.2) is 25.8 Å². The van der Waals surface area contributed by atoms with E-state index in [2.05, 4.69) is 21.0 Å². The molecule has 0 atom stereocenters. The molecule has 0 unspecified atom stereocenters. The van der Waals surface area contributed by atoms with E-state index in [1.807, 2.05) is 0 Å².